The minimum atomic E-state index is -0.617. The molecule has 1 atom stereocenters. The molecule has 1 amide bonds. The Morgan fingerprint density at radius 2 is 1.89 bits per heavy atom. The van der Waals surface area contributed by atoms with Gasteiger partial charge in [0.2, 0.25) is 0 Å². The molecule has 2 aromatic carbocycles. The highest BCUT2D eigenvalue weighted by Crippen LogP contribution is 2.27. The van der Waals surface area contributed by atoms with Crippen molar-refractivity contribution in [3.8, 4) is 23.1 Å². The van der Waals surface area contributed by atoms with Gasteiger partial charge in [-0.25, -0.2) is 4.98 Å². The van der Waals surface area contributed by atoms with E-state index in [1.807, 2.05) is 43.8 Å². The average Bonchev–Trinajstić information content (AvgIpc) is 3.35. The molecule has 0 fully saturated rings. The van der Waals surface area contributed by atoms with Crippen LogP contribution in [-0.4, -0.2) is 63.0 Å². The highest BCUT2D eigenvalue weighted by Gasteiger charge is 2.12. The van der Waals surface area contributed by atoms with E-state index >= 15 is 0 Å². The van der Waals surface area contributed by atoms with E-state index in [9.17, 15) is 9.90 Å². The van der Waals surface area contributed by atoms with Crippen LogP contribution in [0.5, 0.6) is 0 Å². The third-order valence-electron chi connectivity index (χ3n) is 6.38. The van der Waals surface area contributed by atoms with E-state index in [0.29, 0.717) is 23.5 Å². The standard InChI is InChI=1S/C29H32N6O2/c1-4-35(5-2)19-24(36)18-32-29(37)21-9-6-20(7-10-21)8-12-26-25-13-11-22(27-14-15-33-34(27)3)16-23(25)17-31-28(26)30/h6-7,9-11,13-17,24,36H,4-5,18-19H2,1-3H3,(H2,30,31)(H,32,37). The van der Waals surface area contributed by atoms with Gasteiger partial charge in [-0.15, -0.1) is 0 Å². The fourth-order valence-electron chi connectivity index (χ4n) is 4.18. The van der Waals surface area contributed by atoms with Crippen molar-refractivity contribution in [2.45, 2.75) is 20.0 Å². The van der Waals surface area contributed by atoms with Crippen molar-refractivity contribution < 1.29 is 9.90 Å². The number of nitrogens with zero attached hydrogens (tertiary/aromatic N) is 4. The SMILES string of the molecule is CCN(CC)CC(O)CNC(=O)c1ccc(C#Cc2c(N)ncc3cc(-c4ccnn4C)ccc23)cc1. The van der Waals surface area contributed by atoms with Gasteiger partial charge in [0, 0.05) is 60.0 Å². The number of likely N-dealkylation sites (N-methyl/N-ethyl adjacent to an activating group) is 1. The Morgan fingerprint density at radius 1 is 1.14 bits per heavy atom. The van der Waals surface area contributed by atoms with Crippen LogP contribution in [0.25, 0.3) is 22.0 Å². The molecule has 0 spiro atoms. The van der Waals surface area contributed by atoms with Gasteiger partial charge < -0.3 is 21.1 Å². The Bertz CT molecular complexity index is 1450. The number of fused-ring (bicyclic) bond motifs is 1. The second-order valence-corrected chi connectivity index (χ2v) is 8.84. The number of pyridine rings is 1. The maximum Gasteiger partial charge on any atom is 0.251 e. The number of nitrogens with one attached hydrogen (secondary N) is 1. The van der Waals surface area contributed by atoms with Crippen molar-refractivity contribution >= 4 is 22.5 Å². The first-order valence-electron chi connectivity index (χ1n) is 12.4. The van der Waals surface area contributed by atoms with E-state index in [1.54, 1.807) is 36.7 Å². The quantitative estimate of drug-likeness (QED) is 0.324. The number of aryl methyl sites for hydroxylation is 1. The van der Waals surface area contributed by atoms with Crippen LogP contribution in [0, 0.1) is 11.8 Å². The van der Waals surface area contributed by atoms with Gasteiger partial charge in [0.05, 0.1) is 17.4 Å². The first-order valence-corrected chi connectivity index (χ1v) is 12.4. The van der Waals surface area contributed by atoms with E-state index in [-0.39, 0.29) is 12.5 Å². The van der Waals surface area contributed by atoms with Crippen LogP contribution < -0.4 is 11.1 Å². The number of carbonyl (C=O) groups excluding carboxylic acids is 1. The third-order valence-corrected chi connectivity index (χ3v) is 6.38. The molecule has 37 heavy (non-hydrogen) atoms. The monoisotopic (exact) mass is 496 g/mol. The van der Waals surface area contributed by atoms with Crippen molar-refractivity contribution in [2.24, 2.45) is 7.05 Å². The number of rotatable bonds is 8. The molecule has 4 N–H and O–H groups in total. The smallest absolute Gasteiger partial charge is 0.251 e. The van der Waals surface area contributed by atoms with Crippen molar-refractivity contribution in [3.05, 3.63) is 77.6 Å². The van der Waals surface area contributed by atoms with Gasteiger partial charge in [0.25, 0.3) is 5.91 Å². The van der Waals surface area contributed by atoms with Crippen LogP contribution in [0.2, 0.25) is 0 Å². The maximum atomic E-state index is 12.5. The van der Waals surface area contributed by atoms with Crippen molar-refractivity contribution in [2.75, 3.05) is 31.9 Å². The third kappa shape index (κ3) is 6.15. The number of anilines is 1. The Hall–Kier alpha value is -4.19. The summed E-state index contributed by atoms with van der Waals surface area (Å²) in [4.78, 5) is 18.9. The van der Waals surface area contributed by atoms with Crippen LogP contribution in [0.4, 0.5) is 5.82 Å². The molecule has 2 heterocycles. The zero-order chi connectivity index (χ0) is 26.4. The number of aromatic nitrogens is 3. The second-order valence-electron chi connectivity index (χ2n) is 8.84. The van der Waals surface area contributed by atoms with Crippen LogP contribution in [-0.2, 0) is 7.05 Å². The van der Waals surface area contributed by atoms with Crippen LogP contribution in [0.15, 0.2) is 60.9 Å². The van der Waals surface area contributed by atoms with Gasteiger partial charge in [0.15, 0.2) is 0 Å². The number of nitrogen functional groups attached to an aromatic ring is 1. The fraction of sp³-hybridized carbons (Fsp3) is 0.276. The van der Waals surface area contributed by atoms with Crippen molar-refractivity contribution in [3.63, 3.8) is 0 Å². The van der Waals surface area contributed by atoms with Crippen LogP contribution >= 0.6 is 0 Å². The molecule has 4 aromatic rings. The Balaban J connectivity index is 1.47. The number of aliphatic hydroxyl groups excluding tert-OH is 1. The molecule has 0 aliphatic rings. The molecule has 8 heteroatoms. The first kappa shape index (κ1) is 25.9. The summed E-state index contributed by atoms with van der Waals surface area (Å²) >= 11 is 0. The summed E-state index contributed by atoms with van der Waals surface area (Å²) in [7, 11) is 1.91. The molecule has 0 saturated heterocycles. The maximum absolute atomic E-state index is 12.5. The summed E-state index contributed by atoms with van der Waals surface area (Å²) in [6.45, 7) is 6.53. The largest absolute Gasteiger partial charge is 0.390 e. The number of hydrogen-bond acceptors (Lipinski definition) is 6. The minimum absolute atomic E-state index is 0.201. The number of nitrogens with two attached hydrogens (primary N) is 1. The van der Waals surface area contributed by atoms with Gasteiger partial charge in [-0.2, -0.15) is 5.10 Å². The van der Waals surface area contributed by atoms with Gasteiger partial charge in [0.1, 0.15) is 5.82 Å². The number of amides is 1. The molecule has 0 bridgehead atoms. The lowest BCUT2D eigenvalue weighted by Crippen LogP contribution is -2.40. The van der Waals surface area contributed by atoms with Crippen molar-refractivity contribution in [1.29, 1.82) is 0 Å². The molecular formula is C29H32N6O2. The molecule has 0 radical (unpaired) electrons. The lowest BCUT2D eigenvalue weighted by molar-refractivity contribution is 0.0869. The molecule has 190 valence electrons. The highest BCUT2D eigenvalue weighted by molar-refractivity contribution is 5.95. The molecule has 2 aromatic heterocycles. The number of carbonyl (C=O) groups is 1. The summed E-state index contributed by atoms with van der Waals surface area (Å²) in [5.41, 5.74) is 10.1. The van der Waals surface area contributed by atoms with E-state index in [0.717, 1.165) is 40.7 Å². The summed E-state index contributed by atoms with van der Waals surface area (Å²) in [6.07, 6.45) is 2.90. The van der Waals surface area contributed by atoms with E-state index in [1.165, 1.54) is 0 Å². The summed E-state index contributed by atoms with van der Waals surface area (Å²) in [6, 6.07) is 15.1. The Morgan fingerprint density at radius 3 is 2.57 bits per heavy atom. The van der Waals surface area contributed by atoms with Gasteiger partial charge >= 0.3 is 0 Å². The Labute approximate surface area is 217 Å². The minimum Gasteiger partial charge on any atom is -0.390 e. The normalized spacial score (nSPS) is 11.8. The highest BCUT2D eigenvalue weighted by atomic mass is 16.3. The number of aliphatic hydroxyl groups is 1. The van der Waals surface area contributed by atoms with E-state index in [2.05, 4.69) is 38.2 Å². The molecule has 0 aliphatic heterocycles. The fourth-order valence-corrected chi connectivity index (χ4v) is 4.18. The molecule has 0 aliphatic carbocycles. The van der Waals surface area contributed by atoms with Crippen molar-refractivity contribution in [1.82, 2.24) is 25.0 Å². The van der Waals surface area contributed by atoms with Gasteiger partial charge in [-0.1, -0.05) is 37.8 Å². The average molecular weight is 497 g/mol. The van der Waals surface area contributed by atoms with E-state index < -0.39 is 6.10 Å². The molecule has 8 nitrogen and oxygen atoms in total. The predicted molar refractivity (Wildman–Crippen MR) is 147 cm³/mol. The van der Waals surface area contributed by atoms with Crippen LogP contribution in [0.1, 0.15) is 35.3 Å². The second kappa shape index (κ2) is 11.7. The predicted octanol–water partition coefficient (Wildman–Crippen LogP) is 3.05. The Kier molecular flexibility index (Phi) is 8.18. The molecule has 1 unspecified atom stereocenters. The van der Waals surface area contributed by atoms with Gasteiger partial charge in [-0.05, 0) is 49.5 Å². The first-order chi connectivity index (χ1) is 17.9. The zero-order valence-electron chi connectivity index (χ0n) is 21.4. The number of hydrogen-bond donors (Lipinski definition) is 3. The summed E-state index contributed by atoms with van der Waals surface area (Å²) < 4.78 is 1.82. The summed E-state index contributed by atoms with van der Waals surface area (Å²) in [5.74, 6) is 6.43. The van der Waals surface area contributed by atoms with Crippen LogP contribution in [0.3, 0.4) is 0 Å². The van der Waals surface area contributed by atoms with E-state index in [4.69, 9.17) is 5.73 Å². The lowest BCUT2D eigenvalue weighted by atomic mass is 10.0. The molecule has 0 saturated carbocycles. The molecule has 4 rings (SSSR count). The molecular weight excluding hydrogens is 464 g/mol. The summed E-state index contributed by atoms with van der Waals surface area (Å²) in [5, 5.41) is 19.1. The lowest BCUT2D eigenvalue weighted by Gasteiger charge is -2.22. The van der Waals surface area contributed by atoms with Gasteiger partial charge in [-0.3, -0.25) is 9.48 Å². The number of benzene rings is 2. The topological polar surface area (TPSA) is 109 Å². The zero-order valence-corrected chi connectivity index (χ0v) is 21.4.